The molecule has 3 aromatic rings. The largest absolute Gasteiger partial charge is 0.325 e. The minimum absolute atomic E-state index is 0.0634. The number of fused-ring (bicyclic) bond motifs is 1. The Balaban J connectivity index is 1.38. The molecule has 1 saturated carbocycles. The summed E-state index contributed by atoms with van der Waals surface area (Å²) in [4.78, 5) is 16.7. The number of aryl methyl sites for hydroxylation is 1. The van der Waals surface area contributed by atoms with Crippen LogP contribution in [0.1, 0.15) is 36.7 Å². The number of carbonyl (C=O) groups excluding carboxylic acids is 1. The van der Waals surface area contributed by atoms with E-state index in [1.54, 1.807) is 11.3 Å². The van der Waals surface area contributed by atoms with Crippen LogP contribution in [0.4, 0.5) is 5.69 Å². The van der Waals surface area contributed by atoms with Crippen molar-refractivity contribution in [1.29, 1.82) is 0 Å². The molecule has 130 valence electrons. The summed E-state index contributed by atoms with van der Waals surface area (Å²) in [5, 5.41) is 16.6. The van der Waals surface area contributed by atoms with Crippen LogP contribution in [0.3, 0.4) is 0 Å². The molecule has 0 spiro atoms. The minimum Gasteiger partial charge on any atom is -0.325 e. The predicted molar refractivity (Wildman–Crippen MR) is 99.0 cm³/mol. The molecule has 9 heteroatoms. The normalized spacial score (nSPS) is 15.1. The summed E-state index contributed by atoms with van der Waals surface area (Å²) in [5.41, 5.74) is 1.75. The molecule has 0 saturated heterocycles. The van der Waals surface area contributed by atoms with Crippen LogP contribution >= 0.6 is 23.1 Å². The van der Waals surface area contributed by atoms with E-state index in [0.29, 0.717) is 6.04 Å². The third-order valence-electron chi connectivity index (χ3n) is 4.24. The fourth-order valence-corrected chi connectivity index (χ4v) is 4.71. The lowest BCUT2D eigenvalue weighted by Gasteiger charge is -2.10. The zero-order valence-electron chi connectivity index (χ0n) is 13.8. The maximum absolute atomic E-state index is 12.3. The number of thiazole rings is 1. The second-order valence-corrected chi connectivity index (χ2v) is 8.27. The zero-order valence-corrected chi connectivity index (χ0v) is 15.4. The number of nitrogens with zero attached hydrogens (tertiary/aromatic N) is 5. The van der Waals surface area contributed by atoms with Gasteiger partial charge in [0.2, 0.25) is 11.1 Å². The van der Waals surface area contributed by atoms with E-state index in [-0.39, 0.29) is 11.7 Å². The van der Waals surface area contributed by atoms with Crippen LogP contribution in [-0.4, -0.2) is 36.9 Å². The number of nitrogens with one attached hydrogen (secondary N) is 1. The first-order valence-corrected chi connectivity index (χ1v) is 10.1. The van der Waals surface area contributed by atoms with Crippen LogP contribution in [0.2, 0.25) is 0 Å². The van der Waals surface area contributed by atoms with Crippen molar-refractivity contribution in [3.8, 4) is 0 Å². The second kappa shape index (κ2) is 7.09. The Hall–Kier alpha value is -2.00. The molecule has 7 nitrogen and oxygen atoms in total. The van der Waals surface area contributed by atoms with Crippen LogP contribution in [-0.2, 0) is 4.79 Å². The fourth-order valence-electron chi connectivity index (χ4n) is 3.10. The lowest BCUT2D eigenvalue weighted by atomic mass is 10.3. The molecule has 4 rings (SSSR count). The standard InChI is InChI=1S/C16H18N6OS2/c1-10-17-13-7-6-11(8-14(13)25-10)18-15(23)9-24-16-19-20-21-22(16)12-4-2-3-5-12/h6-8,12H,2-5,9H2,1H3,(H,18,23). The summed E-state index contributed by atoms with van der Waals surface area (Å²) in [7, 11) is 0. The molecular formula is C16H18N6OS2. The predicted octanol–water partition coefficient (Wildman–Crippen LogP) is 3.44. The topological polar surface area (TPSA) is 85.6 Å². The number of carbonyl (C=O) groups is 1. The van der Waals surface area contributed by atoms with Crippen molar-refractivity contribution in [2.24, 2.45) is 0 Å². The van der Waals surface area contributed by atoms with Crippen molar-refractivity contribution in [3.63, 3.8) is 0 Å². The third-order valence-corrected chi connectivity index (χ3v) is 6.11. The quantitative estimate of drug-likeness (QED) is 0.689. The van der Waals surface area contributed by atoms with Gasteiger partial charge in [-0.25, -0.2) is 9.67 Å². The molecule has 1 aliphatic rings. The smallest absolute Gasteiger partial charge is 0.234 e. The van der Waals surface area contributed by atoms with Crippen LogP contribution in [0.5, 0.6) is 0 Å². The maximum Gasteiger partial charge on any atom is 0.234 e. The number of amides is 1. The van der Waals surface area contributed by atoms with Gasteiger partial charge in [-0.1, -0.05) is 24.6 Å². The van der Waals surface area contributed by atoms with Gasteiger partial charge in [-0.2, -0.15) is 0 Å². The highest BCUT2D eigenvalue weighted by molar-refractivity contribution is 7.99. The first-order chi connectivity index (χ1) is 12.2. The third kappa shape index (κ3) is 3.67. The number of aromatic nitrogens is 5. The number of benzene rings is 1. The lowest BCUT2D eigenvalue weighted by molar-refractivity contribution is -0.113. The molecule has 2 aromatic heterocycles. The van der Waals surface area contributed by atoms with Gasteiger partial charge in [-0.15, -0.1) is 16.4 Å². The van der Waals surface area contributed by atoms with Gasteiger partial charge in [0.15, 0.2) is 0 Å². The Morgan fingerprint density at radius 3 is 3.08 bits per heavy atom. The van der Waals surface area contributed by atoms with E-state index in [4.69, 9.17) is 0 Å². The van der Waals surface area contributed by atoms with Crippen LogP contribution in [0.15, 0.2) is 23.4 Å². The van der Waals surface area contributed by atoms with Gasteiger partial charge < -0.3 is 5.32 Å². The number of rotatable bonds is 5. The van der Waals surface area contributed by atoms with Crippen LogP contribution in [0, 0.1) is 6.92 Å². The zero-order chi connectivity index (χ0) is 17.2. The molecular weight excluding hydrogens is 356 g/mol. The molecule has 2 heterocycles. The van der Waals surface area contributed by atoms with Gasteiger partial charge in [-0.05, 0) is 48.4 Å². The van der Waals surface area contributed by atoms with E-state index in [9.17, 15) is 4.79 Å². The monoisotopic (exact) mass is 374 g/mol. The van der Waals surface area contributed by atoms with E-state index in [1.807, 2.05) is 29.8 Å². The summed E-state index contributed by atoms with van der Waals surface area (Å²) < 4.78 is 2.95. The van der Waals surface area contributed by atoms with Crippen molar-refractivity contribution in [2.75, 3.05) is 11.1 Å². The van der Waals surface area contributed by atoms with E-state index in [1.165, 1.54) is 24.6 Å². The number of anilines is 1. The number of thioether (sulfide) groups is 1. The SMILES string of the molecule is Cc1nc2ccc(NC(=O)CSc3nnnn3C3CCCC3)cc2s1. The summed E-state index contributed by atoms with van der Waals surface area (Å²) in [6, 6.07) is 6.15. The first-order valence-electron chi connectivity index (χ1n) is 8.27. The molecule has 0 radical (unpaired) electrons. The van der Waals surface area contributed by atoms with Gasteiger partial charge >= 0.3 is 0 Å². The van der Waals surface area contributed by atoms with Crippen LogP contribution < -0.4 is 5.32 Å². The van der Waals surface area contributed by atoms with E-state index >= 15 is 0 Å². The highest BCUT2D eigenvalue weighted by Crippen LogP contribution is 2.31. The average molecular weight is 374 g/mol. The Labute approximate surface area is 153 Å². The Morgan fingerprint density at radius 2 is 2.24 bits per heavy atom. The Kier molecular flexibility index (Phi) is 4.67. The molecule has 1 fully saturated rings. The highest BCUT2D eigenvalue weighted by Gasteiger charge is 2.22. The Bertz CT molecular complexity index is 899. The number of tetrazole rings is 1. The summed E-state index contributed by atoms with van der Waals surface area (Å²) >= 11 is 3.00. The molecule has 0 aliphatic heterocycles. The number of hydrogen-bond donors (Lipinski definition) is 1. The summed E-state index contributed by atoms with van der Waals surface area (Å²) in [6.07, 6.45) is 4.65. The summed E-state index contributed by atoms with van der Waals surface area (Å²) in [6.45, 7) is 1.98. The Morgan fingerprint density at radius 1 is 1.40 bits per heavy atom. The van der Waals surface area contributed by atoms with Gasteiger partial charge in [0.05, 0.1) is 27.0 Å². The molecule has 1 amide bonds. The molecule has 25 heavy (non-hydrogen) atoms. The first kappa shape index (κ1) is 16.5. The maximum atomic E-state index is 12.3. The molecule has 0 unspecified atom stereocenters. The van der Waals surface area contributed by atoms with Gasteiger partial charge in [0.25, 0.3) is 0 Å². The second-order valence-electron chi connectivity index (χ2n) is 6.10. The van der Waals surface area contributed by atoms with Crippen molar-refractivity contribution < 1.29 is 4.79 Å². The van der Waals surface area contributed by atoms with E-state index in [0.717, 1.165) is 38.9 Å². The van der Waals surface area contributed by atoms with Crippen molar-refractivity contribution in [1.82, 2.24) is 25.2 Å². The molecule has 1 aromatic carbocycles. The van der Waals surface area contributed by atoms with Crippen molar-refractivity contribution >= 4 is 44.9 Å². The average Bonchev–Trinajstić information content (AvgIpc) is 3.31. The molecule has 0 bridgehead atoms. The fraction of sp³-hybridized carbons (Fsp3) is 0.438. The number of hydrogen-bond acceptors (Lipinski definition) is 7. The van der Waals surface area contributed by atoms with E-state index < -0.39 is 0 Å². The molecule has 1 N–H and O–H groups in total. The minimum atomic E-state index is -0.0634. The van der Waals surface area contributed by atoms with Crippen molar-refractivity contribution in [2.45, 2.75) is 43.8 Å². The molecule has 1 aliphatic carbocycles. The van der Waals surface area contributed by atoms with E-state index in [2.05, 4.69) is 25.8 Å². The molecule has 0 atom stereocenters. The summed E-state index contributed by atoms with van der Waals surface area (Å²) in [5.74, 6) is 0.221. The van der Waals surface area contributed by atoms with Gasteiger partial charge in [-0.3, -0.25) is 4.79 Å². The van der Waals surface area contributed by atoms with Crippen molar-refractivity contribution in [3.05, 3.63) is 23.2 Å². The van der Waals surface area contributed by atoms with Crippen LogP contribution in [0.25, 0.3) is 10.2 Å². The van der Waals surface area contributed by atoms with Gasteiger partial charge in [0, 0.05) is 5.69 Å². The van der Waals surface area contributed by atoms with Gasteiger partial charge in [0.1, 0.15) is 0 Å². The highest BCUT2D eigenvalue weighted by atomic mass is 32.2. The lowest BCUT2D eigenvalue weighted by Crippen LogP contribution is -2.15.